The Kier molecular flexibility index (Phi) is 5.20. The van der Waals surface area contributed by atoms with Gasteiger partial charge in [-0.25, -0.2) is 4.98 Å². The van der Waals surface area contributed by atoms with Crippen molar-refractivity contribution in [3.8, 4) is 0 Å². The summed E-state index contributed by atoms with van der Waals surface area (Å²) in [5, 5.41) is 6.38. The molecule has 1 unspecified atom stereocenters. The van der Waals surface area contributed by atoms with Crippen molar-refractivity contribution >= 4 is 17.5 Å². The first kappa shape index (κ1) is 21.1. The summed E-state index contributed by atoms with van der Waals surface area (Å²) >= 11 is 0. The van der Waals surface area contributed by atoms with E-state index < -0.39 is 0 Å². The number of carbonyl (C=O) groups is 2. The molecule has 0 spiro atoms. The zero-order chi connectivity index (χ0) is 22.6. The van der Waals surface area contributed by atoms with Crippen molar-refractivity contribution in [2.45, 2.75) is 57.4 Å². The number of fused-ring (bicyclic) bond motifs is 1. The van der Waals surface area contributed by atoms with E-state index >= 15 is 0 Å². The van der Waals surface area contributed by atoms with Crippen LogP contribution in [0.15, 0.2) is 24.4 Å². The first-order valence-corrected chi connectivity index (χ1v) is 12.7. The van der Waals surface area contributed by atoms with Gasteiger partial charge >= 0.3 is 0 Å². The summed E-state index contributed by atoms with van der Waals surface area (Å²) in [6.07, 6.45) is 11.8. The van der Waals surface area contributed by atoms with Crippen molar-refractivity contribution < 1.29 is 9.59 Å². The molecule has 176 valence electrons. The van der Waals surface area contributed by atoms with Gasteiger partial charge in [0.1, 0.15) is 17.0 Å². The molecule has 7 heteroatoms. The first-order valence-electron chi connectivity index (χ1n) is 12.7. The molecule has 4 bridgehead atoms. The number of pyridine rings is 1. The number of amides is 2. The first-order chi connectivity index (χ1) is 16.0. The zero-order valence-electron chi connectivity index (χ0n) is 19.6. The smallest absolute Gasteiger partial charge is 0.271 e. The molecule has 2 amide bonds. The lowest BCUT2D eigenvalue weighted by molar-refractivity contribution is -0.0503. The number of imidazole rings is 1. The third-order valence-electron chi connectivity index (χ3n) is 8.71. The van der Waals surface area contributed by atoms with E-state index in [9.17, 15) is 9.59 Å². The molecule has 1 saturated heterocycles. The monoisotopic (exact) mass is 449 g/mol. The fraction of sp³-hybridized carbons (Fsp3) is 0.654. The molecular formula is C26H35N5O2. The minimum Gasteiger partial charge on any atom is -0.350 e. The molecule has 5 fully saturated rings. The Bertz CT molecular complexity index is 1040. The predicted molar refractivity (Wildman–Crippen MR) is 126 cm³/mol. The van der Waals surface area contributed by atoms with Crippen LogP contribution >= 0.6 is 0 Å². The van der Waals surface area contributed by atoms with E-state index in [2.05, 4.69) is 27.6 Å². The molecule has 33 heavy (non-hydrogen) atoms. The summed E-state index contributed by atoms with van der Waals surface area (Å²) in [5.74, 6) is 2.37. The Labute approximate surface area is 195 Å². The second-order valence-electron chi connectivity index (χ2n) is 11.4. The fourth-order valence-electron chi connectivity index (χ4n) is 7.71. The molecule has 1 atom stereocenters. The quantitative estimate of drug-likeness (QED) is 0.735. The van der Waals surface area contributed by atoms with E-state index in [0.717, 1.165) is 50.2 Å². The van der Waals surface area contributed by atoms with Crippen LogP contribution in [-0.4, -0.2) is 58.8 Å². The minimum atomic E-state index is -0.168. The van der Waals surface area contributed by atoms with Crippen molar-refractivity contribution in [1.29, 1.82) is 0 Å². The van der Waals surface area contributed by atoms with Gasteiger partial charge in [0.05, 0.1) is 0 Å². The van der Waals surface area contributed by atoms with Gasteiger partial charge in [0.15, 0.2) is 0 Å². The van der Waals surface area contributed by atoms with E-state index in [1.807, 2.05) is 18.2 Å². The number of carbonyl (C=O) groups excluding carboxylic acids is 2. The topological polar surface area (TPSA) is 78.7 Å². The number of hydrogen-bond acceptors (Lipinski definition) is 4. The molecule has 4 saturated carbocycles. The lowest BCUT2D eigenvalue weighted by atomic mass is 9.49. The molecule has 7 nitrogen and oxygen atoms in total. The van der Waals surface area contributed by atoms with E-state index in [-0.39, 0.29) is 17.9 Å². The second-order valence-corrected chi connectivity index (χ2v) is 11.4. The maximum atomic E-state index is 13.2. The van der Waals surface area contributed by atoms with Crippen LogP contribution < -0.4 is 10.6 Å². The van der Waals surface area contributed by atoms with Crippen LogP contribution in [0.25, 0.3) is 5.65 Å². The summed E-state index contributed by atoms with van der Waals surface area (Å²) in [6.45, 7) is 2.70. The molecule has 0 aromatic carbocycles. The molecule has 2 N–H and O–H groups in total. The standard InChI is InChI=1S/C26H35N5O2/c1-30-7-3-4-20(14-30)28-24(32)21-15-31-22(5-2-6-23(31)29-21)25(33)27-16-26-11-17-8-18(12-26)10-19(9-17)13-26/h2,5-6,15,17-20H,3-4,7-14,16H2,1H3,(H,27,33)(H,28,32). The van der Waals surface area contributed by atoms with Crippen molar-refractivity contribution in [2.75, 3.05) is 26.7 Å². The summed E-state index contributed by atoms with van der Waals surface area (Å²) in [4.78, 5) is 32.8. The lowest BCUT2D eigenvalue weighted by Gasteiger charge is -2.56. The Balaban J connectivity index is 1.16. The summed E-state index contributed by atoms with van der Waals surface area (Å²) in [7, 11) is 2.08. The number of aromatic nitrogens is 2. The summed E-state index contributed by atoms with van der Waals surface area (Å²) in [5.41, 5.74) is 1.83. The van der Waals surface area contributed by atoms with Gasteiger partial charge in [-0.15, -0.1) is 0 Å². The van der Waals surface area contributed by atoms with Gasteiger partial charge in [0.25, 0.3) is 11.8 Å². The van der Waals surface area contributed by atoms with Crippen LogP contribution in [0.5, 0.6) is 0 Å². The Hall–Kier alpha value is -2.41. The van der Waals surface area contributed by atoms with Crippen LogP contribution in [0, 0.1) is 23.2 Å². The molecule has 5 aliphatic rings. The lowest BCUT2D eigenvalue weighted by Crippen LogP contribution is -2.51. The number of likely N-dealkylation sites (N-methyl/N-ethyl adjacent to an activating group) is 1. The highest BCUT2D eigenvalue weighted by Gasteiger charge is 2.50. The van der Waals surface area contributed by atoms with Crippen molar-refractivity contribution in [3.63, 3.8) is 0 Å². The fourth-order valence-corrected chi connectivity index (χ4v) is 7.71. The molecule has 7 rings (SSSR count). The van der Waals surface area contributed by atoms with Gasteiger partial charge < -0.3 is 15.5 Å². The van der Waals surface area contributed by atoms with E-state index in [1.54, 1.807) is 10.6 Å². The van der Waals surface area contributed by atoms with Crippen molar-refractivity contribution in [3.05, 3.63) is 35.8 Å². The number of nitrogens with zero attached hydrogens (tertiary/aromatic N) is 3. The molecule has 2 aromatic heterocycles. The highest BCUT2D eigenvalue weighted by molar-refractivity contribution is 5.95. The molecule has 4 aliphatic carbocycles. The number of hydrogen-bond donors (Lipinski definition) is 2. The van der Waals surface area contributed by atoms with Gasteiger partial charge in [-0.1, -0.05) is 6.07 Å². The Morgan fingerprint density at radius 1 is 1.09 bits per heavy atom. The van der Waals surface area contributed by atoms with E-state index in [1.165, 1.54) is 38.5 Å². The largest absolute Gasteiger partial charge is 0.350 e. The highest BCUT2D eigenvalue weighted by Crippen LogP contribution is 2.59. The van der Waals surface area contributed by atoms with Gasteiger partial charge in [-0.05, 0) is 100 Å². The van der Waals surface area contributed by atoms with Crippen LogP contribution in [0.3, 0.4) is 0 Å². The SMILES string of the molecule is CN1CCCC(NC(=O)c2cn3c(C(=O)NCC45CC6CC(CC(C6)C4)C5)cccc3n2)C1. The Morgan fingerprint density at radius 2 is 1.82 bits per heavy atom. The third-order valence-corrected chi connectivity index (χ3v) is 8.71. The Morgan fingerprint density at radius 3 is 2.52 bits per heavy atom. The predicted octanol–water partition coefficient (Wildman–Crippen LogP) is 3.10. The second kappa shape index (κ2) is 8.12. The van der Waals surface area contributed by atoms with Gasteiger partial charge in [-0.2, -0.15) is 0 Å². The zero-order valence-corrected chi connectivity index (χ0v) is 19.6. The average molecular weight is 450 g/mol. The number of rotatable bonds is 5. The van der Waals surface area contributed by atoms with Crippen LogP contribution in [0.4, 0.5) is 0 Å². The molecular weight excluding hydrogens is 414 g/mol. The maximum Gasteiger partial charge on any atom is 0.271 e. The van der Waals surface area contributed by atoms with Crippen molar-refractivity contribution in [2.24, 2.45) is 23.2 Å². The number of likely N-dealkylation sites (tertiary alicyclic amines) is 1. The number of nitrogens with one attached hydrogen (secondary N) is 2. The average Bonchev–Trinajstić information content (AvgIpc) is 3.21. The minimum absolute atomic E-state index is 0.0744. The molecule has 0 radical (unpaired) electrons. The van der Waals surface area contributed by atoms with Gasteiger partial charge in [-0.3, -0.25) is 14.0 Å². The maximum absolute atomic E-state index is 13.2. The highest BCUT2D eigenvalue weighted by atomic mass is 16.2. The van der Waals surface area contributed by atoms with Crippen molar-refractivity contribution in [1.82, 2.24) is 24.9 Å². The van der Waals surface area contributed by atoms with Gasteiger partial charge in [0, 0.05) is 25.3 Å². The normalized spacial score (nSPS) is 33.4. The van der Waals surface area contributed by atoms with E-state index in [4.69, 9.17) is 0 Å². The summed E-state index contributed by atoms with van der Waals surface area (Å²) in [6, 6.07) is 5.66. The van der Waals surface area contributed by atoms with E-state index in [0.29, 0.717) is 22.5 Å². The summed E-state index contributed by atoms with van der Waals surface area (Å²) < 4.78 is 1.76. The van der Waals surface area contributed by atoms with Crippen LogP contribution in [-0.2, 0) is 0 Å². The molecule has 1 aliphatic heterocycles. The third kappa shape index (κ3) is 4.05. The number of piperidine rings is 1. The van der Waals surface area contributed by atoms with Crippen LogP contribution in [0.2, 0.25) is 0 Å². The molecule has 2 aromatic rings. The van der Waals surface area contributed by atoms with Gasteiger partial charge in [0.2, 0.25) is 0 Å². The molecule has 3 heterocycles. The van der Waals surface area contributed by atoms with Crippen LogP contribution in [0.1, 0.15) is 72.3 Å².